The summed E-state index contributed by atoms with van der Waals surface area (Å²) in [6.45, 7) is 13.6. The molecule has 4 rings (SSSR count). The van der Waals surface area contributed by atoms with Crippen LogP contribution in [0.5, 0.6) is 5.75 Å². The molecule has 0 bridgehead atoms. The number of nitrogens with zero attached hydrogens (tertiary/aromatic N) is 3. The van der Waals surface area contributed by atoms with Crippen LogP contribution in [0.1, 0.15) is 66.7 Å². The number of ether oxygens (including phenoxy) is 2. The summed E-state index contributed by atoms with van der Waals surface area (Å²) in [6.07, 6.45) is 3.21. The fraction of sp³-hybridized carbons (Fsp3) is 0.588. The van der Waals surface area contributed by atoms with Crippen LogP contribution in [-0.4, -0.2) is 86.2 Å². The summed E-state index contributed by atoms with van der Waals surface area (Å²) in [7, 11) is 0. The highest BCUT2D eigenvalue weighted by atomic mass is 32.1. The van der Waals surface area contributed by atoms with Crippen molar-refractivity contribution in [3.63, 3.8) is 0 Å². The second kappa shape index (κ2) is 16.5. The van der Waals surface area contributed by atoms with Crippen molar-refractivity contribution in [2.24, 2.45) is 5.41 Å². The topological polar surface area (TPSA) is 113 Å². The quantitative estimate of drug-likeness (QED) is 0.212. The van der Waals surface area contributed by atoms with Crippen LogP contribution in [0.15, 0.2) is 28.7 Å². The number of benzene rings is 1. The SMILES string of the molecule is CC1=C(C)CN(C(=O)[C@@H](NC(=O)CCCCCCNC(=O)COc2c(-c3csc(N4CCOCC4)n3)ccc(F)c2F)C(C)(C)C)C1. The Morgan fingerprint density at radius 3 is 2.38 bits per heavy atom. The maximum absolute atomic E-state index is 14.8. The Morgan fingerprint density at radius 1 is 1.02 bits per heavy atom. The molecule has 10 nitrogen and oxygen atoms in total. The number of unbranched alkanes of at least 4 members (excludes halogenated alkanes) is 3. The predicted octanol–water partition coefficient (Wildman–Crippen LogP) is 5.08. The van der Waals surface area contributed by atoms with E-state index >= 15 is 0 Å². The highest BCUT2D eigenvalue weighted by molar-refractivity contribution is 7.14. The van der Waals surface area contributed by atoms with E-state index < -0.39 is 35.6 Å². The number of halogens is 2. The number of aromatic nitrogens is 1. The van der Waals surface area contributed by atoms with Crippen molar-refractivity contribution in [2.75, 3.05) is 57.4 Å². The highest BCUT2D eigenvalue weighted by Crippen LogP contribution is 2.36. The van der Waals surface area contributed by atoms with E-state index in [-0.39, 0.29) is 23.1 Å². The smallest absolute Gasteiger partial charge is 0.257 e. The van der Waals surface area contributed by atoms with Gasteiger partial charge in [0.1, 0.15) is 6.04 Å². The second-order valence-electron chi connectivity index (χ2n) is 13.3. The molecule has 0 unspecified atom stereocenters. The minimum atomic E-state index is -1.17. The summed E-state index contributed by atoms with van der Waals surface area (Å²) in [5, 5.41) is 8.22. The van der Waals surface area contributed by atoms with Crippen LogP contribution >= 0.6 is 11.3 Å². The third-order valence-electron chi connectivity index (χ3n) is 8.41. The van der Waals surface area contributed by atoms with E-state index in [4.69, 9.17) is 9.47 Å². The minimum Gasteiger partial charge on any atom is -0.480 e. The van der Waals surface area contributed by atoms with Gasteiger partial charge in [0.15, 0.2) is 23.3 Å². The van der Waals surface area contributed by atoms with Gasteiger partial charge < -0.3 is 29.9 Å². The molecule has 0 radical (unpaired) electrons. The van der Waals surface area contributed by atoms with Gasteiger partial charge in [0.25, 0.3) is 5.91 Å². The van der Waals surface area contributed by atoms with E-state index in [9.17, 15) is 23.2 Å². The molecule has 0 spiro atoms. The molecule has 2 aliphatic heterocycles. The molecule has 2 aliphatic rings. The third-order valence-corrected chi connectivity index (χ3v) is 9.32. The molecular formula is C34H47F2N5O5S. The molecule has 258 valence electrons. The van der Waals surface area contributed by atoms with Gasteiger partial charge in [0.05, 0.1) is 18.9 Å². The fourth-order valence-electron chi connectivity index (χ4n) is 5.46. The summed E-state index contributed by atoms with van der Waals surface area (Å²) >= 11 is 1.39. The number of carbonyl (C=O) groups excluding carboxylic acids is 3. The molecule has 0 aliphatic carbocycles. The molecule has 1 fully saturated rings. The largest absolute Gasteiger partial charge is 0.480 e. The Labute approximate surface area is 279 Å². The predicted molar refractivity (Wildman–Crippen MR) is 178 cm³/mol. The first-order valence-electron chi connectivity index (χ1n) is 16.2. The van der Waals surface area contributed by atoms with Crippen LogP contribution in [0.4, 0.5) is 13.9 Å². The van der Waals surface area contributed by atoms with Gasteiger partial charge in [0, 0.05) is 50.1 Å². The van der Waals surface area contributed by atoms with E-state index in [0.717, 1.165) is 24.0 Å². The number of hydrogen-bond acceptors (Lipinski definition) is 8. The Kier molecular flexibility index (Phi) is 12.7. The maximum Gasteiger partial charge on any atom is 0.257 e. The first-order valence-corrected chi connectivity index (χ1v) is 17.1. The molecular weight excluding hydrogens is 628 g/mol. The van der Waals surface area contributed by atoms with E-state index in [2.05, 4.69) is 20.5 Å². The summed E-state index contributed by atoms with van der Waals surface area (Å²) in [5.74, 6) is -3.26. The number of hydrogen-bond donors (Lipinski definition) is 2. The molecule has 13 heteroatoms. The summed E-state index contributed by atoms with van der Waals surface area (Å²) in [4.78, 5) is 46.8. The lowest BCUT2D eigenvalue weighted by atomic mass is 9.85. The van der Waals surface area contributed by atoms with Crippen molar-refractivity contribution in [2.45, 2.75) is 72.8 Å². The Hall–Kier alpha value is -3.58. The number of nitrogens with one attached hydrogen (secondary N) is 2. The van der Waals surface area contributed by atoms with Crippen LogP contribution in [0.3, 0.4) is 0 Å². The number of carbonyl (C=O) groups is 3. The van der Waals surface area contributed by atoms with Crippen LogP contribution < -0.4 is 20.3 Å². The van der Waals surface area contributed by atoms with Gasteiger partial charge in [-0.15, -0.1) is 11.3 Å². The molecule has 0 saturated carbocycles. The minimum absolute atomic E-state index is 0.0563. The molecule has 1 aromatic carbocycles. The maximum atomic E-state index is 14.8. The van der Waals surface area contributed by atoms with Gasteiger partial charge in [-0.2, -0.15) is 4.39 Å². The number of amides is 3. The molecule has 3 amide bonds. The monoisotopic (exact) mass is 675 g/mol. The van der Waals surface area contributed by atoms with Crippen molar-refractivity contribution in [3.05, 3.63) is 40.3 Å². The van der Waals surface area contributed by atoms with Gasteiger partial charge in [-0.05, 0) is 44.2 Å². The number of thiazole rings is 1. The fourth-order valence-corrected chi connectivity index (χ4v) is 6.34. The lowest BCUT2D eigenvalue weighted by Crippen LogP contribution is -2.54. The number of morpholine rings is 1. The zero-order valence-electron chi connectivity index (χ0n) is 28.0. The van der Waals surface area contributed by atoms with Gasteiger partial charge in [-0.1, -0.05) is 44.8 Å². The van der Waals surface area contributed by atoms with Crippen LogP contribution in [0, 0.1) is 17.0 Å². The Morgan fingerprint density at radius 2 is 1.70 bits per heavy atom. The Bertz CT molecular complexity index is 1440. The van der Waals surface area contributed by atoms with Gasteiger partial charge >= 0.3 is 0 Å². The average molecular weight is 676 g/mol. The Balaban J connectivity index is 1.16. The number of anilines is 1. The summed E-state index contributed by atoms with van der Waals surface area (Å²) in [5.41, 5.74) is 2.68. The van der Waals surface area contributed by atoms with Gasteiger partial charge in [-0.25, -0.2) is 9.37 Å². The lowest BCUT2D eigenvalue weighted by Gasteiger charge is -2.33. The normalized spacial score (nSPS) is 16.0. The van der Waals surface area contributed by atoms with Crippen molar-refractivity contribution in [1.82, 2.24) is 20.5 Å². The van der Waals surface area contributed by atoms with E-state index in [1.54, 1.807) is 10.3 Å². The average Bonchev–Trinajstić information content (AvgIpc) is 3.66. The van der Waals surface area contributed by atoms with Crippen LogP contribution in [0.2, 0.25) is 0 Å². The first kappa shape index (κ1) is 36.3. The molecule has 1 aromatic heterocycles. The van der Waals surface area contributed by atoms with E-state index in [1.807, 2.05) is 34.6 Å². The molecule has 2 aromatic rings. The molecule has 3 heterocycles. The zero-order valence-corrected chi connectivity index (χ0v) is 28.9. The summed E-state index contributed by atoms with van der Waals surface area (Å²) in [6, 6.07) is 1.82. The van der Waals surface area contributed by atoms with Crippen LogP contribution in [-0.2, 0) is 19.1 Å². The molecule has 1 atom stereocenters. The summed E-state index contributed by atoms with van der Waals surface area (Å²) < 4.78 is 39.7. The standard InChI is InChI=1S/C34H47F2N5O5S/c1-22-18-41(19-23(22)2)32(44)31(34(3,4)5)39-27(42)10-8-6-7-9-13-37-28(43)20-46-30-24(11-12-25(35)29(30)36)26-21-47-33(38-26)40-14-16-45-17-15-40/h11-12,21,31H,6-10,13-20H2,1-5H3,(H,37,43)(H,39,42)/t31-/m1/s1. The first-order chi connectivity index (χ1) is 22.3. The van der Waals surface area contributed by atoms with Crippen molar-refractivity contribution in [1.29, 1.82) is 0 Å². The van der Waals surface area contributed by atoms with Gasteiger partial charge in [-0.3, -0.25) is 14.4 Å². The molecule has 47 heavy (non-hydrogen) atoms. The van der Waals surface area contributed by atoms with Gasteiger partial charge in [0.2, 0.25) is 17.6 Å². The van der Waals surface area contributed by atoms with Crippen molar-refractivity contribution >= 4 is 34.2 Å². The van der Waals surface area contributed by atoms with E-state index in [1.165, 1.54) is 28.5 Å². The molecule has 2 N–H and O–H groups in total. The van der Waals surface area contributed by atoms with Crippen molar-refractivity contribution in [3.8, 4) is 17.0 Å². The molecule has 1 saturated heterocycles. The number of rotatable bonds is 14. The second-order valence-corrected chi connectivity index (χ2v) is 14.1. The highest BCUT2D eigenvalue weighted by Gasteiger charge is 2.37. The third kappa shape index (κ3) is 9.96. The lowest BCUT2D eigenvalue weighted by molar-refractivity contribution is -0.138. The van der Waals surface area contributed by atoms with Crippen LogP contribution in [0.25, 0.3) is 11.3 Å². The van der Waals surface area contributed by atoms with Crippen molar-refractivity contribution < 1.29 is 32.6 Å². The van der Waals surface area contributed by atoms with E-state index in [0.29, 0.717) is 70.9 Å². The zero-order chi connectivity index (χ0) is 34.1.